The highest BCUT2D eigenvalue weighted by molar-refractivity contribution is 5.84. The fourth-order valence-corrected chi connectivity index (χ4v) is 2.92. The molecule has 0 bridgehead atoms. The number of carbonyl (C=O) groups is 1. The van der Waals surface area contributed by atoms with Gasteiger partial charge in [-0.2, -0.15) is 0 Å². The molecule has 0 aromatic heterocycles. The number of carbonyl (C=O) groups excluding carboxylic acids is 1. The van der Waals surface area contributed by atoms with E-state index in [-0.39, 0.29) is 11.4 Å². The molecular formula is C18H37N5O. The molecular weight excluding hydrogens is 302 g/mol. The van der Waals surface area contributed by atoms with Crippen molar-refractivity contribution in [2.45, 2.75) is 59.4 Å². The molecule has 24 heavy (non-hydrogen) atoms. The van der Waals surface area contributed by atoms with E-state index < -0.39 is 5.41 Å². The molecule has 1 rings (SSSR count). The molecule has 0 saturated carbocycles. The second kappa shape index (κ2) is 9.25. The van der Waals surface area contributed by atoms with Crippen LogP contribution in [0.25, 0.3) is 0 Å². The van der Waals surface area contributed by atoms with Gasteiger partial charge in [0, 0.05) is 32.2 Å². The average Bonchev–Trinajstić information content (AvgIpc) is 2.56. The molecule has 1 aliphatic rings. The lowest BCUT2D eigenvalue weighted by Crippen LogP contribution is -2.55. The van der Waals surface area contributed by atoms with E-state index in [9.17, 15) is 4.79 Å². The molecule has 6 nitrogen and oxygen atoms in total. The van der Waals surface area contributed by atoms with Crippen LogP contribution in [-0.2, 0) is 4.79 Å². The third-order valence-corrected chi connectivity index (χ3v) is 4.77. The Morgan fingerprint density at radius 3 is 2.12 bits per heavy atom. The van der Waals surface area contributed by atoms with E-state index in [1.165, 1.54) is 32.4 Å². The van der Waals surface area contributed by atoms with Crippen LogP contribution in [0.2, 0.25) is 0 Å². The second-order valence-electron chi connectivity index (χ2n) is 7.88. The van der Waals surface area contributed by atoms with Crippen molar-refractivity contribution in [1.29, 1.82) is 0 Å². The van der Waals surface area contributed by atoms with Crippen LogP contribution < -0.4 is 16.0 Å². The largest absolute Gasteiger partial charge is 0.356 e. The van der Waals surface area contributed by atoms with Gasteiger partial charge in [0.15, 0.2) is 5.96 Å². The van der Waals surface area contributed by atoms with E-state index in [2.05, 4.69) is 39.7 Å². The lowest BCUT2D eigenvalue weighted by molar-refractivity contribution is -0.128. The molecule has 3 N–H and O–H groups in total. The molecule has 0 spiro atoms. The fraction of sp³-hybridized carbons (Fsp3) is 0.889. The smallest absolute Gasteiger partial charge is 0.227 e. The number of nitrogens with zero attached hydrogens (tertiary/aromatic N) is 2. The van der Waals surface area contributed by atoms with Crippen molar-refractivity contribution >= 4 is 11.9 Å². The van der Waals surface area contributed by atoms with E-state index in [1.54, 1.807) is 7.05 Å². The van der Waals surface area contributed by atoms with Gasteiger partial charge < -0.3 is 16.0 Å². The van der Waals surface area contributed by atoms with Crippen molar-refractivity contribution < 1.29 is 4.79 Å². The standard InChI is InChI=1S/C18H37N5O/c1-7-20-15(24)17(2,3)13-21-16(19-6)22-14-18(4,5)23-11-9-8-10-12-23/h7-14H2,1-6H3,(H,20,24)(H2,19,21,22). The van der Waals surface area contributed by atoms with E-state index in [4.69, 9.17) is 0 Å². The van der Waals surface area contributed by atoms with E-state index in [1.807, 2.05) is 20.8 Å². The second-order valence-corrected chi connectivity index (χ2v) is 7.88. The molecule has 1 amide bonds. The SMILES string of the molecule is CCNC(=O)C(C)(C)CNC(=NC)NCC(C)(C)N1CCCCC1. The summed E-state index contributed by atoms with van der Waals surface area (Å²) in [5.74, 6) is 0.805. The van der Waals surface area contributed by atoms with Gasteiger partial charge in [-0.15, -0.1) is 0 Å². The van der Waals surface area contributed by atoms with Gasteiger partial charge >= 0.3 is 0 Å². The summed E-state index contributed by atoms with van der Waals surface area (Å²) < 4.78 is 0. The number of piperidine rings is 1. The molecule has 6 heteroatoms. The molecule has 1 fully saturated rings. The van der Waals surface area contributed by atoms with Crippen molar-refractivity contribution in [3.63, 3.8) is 0 Å². The number of aliphatic imine (C=N–C) groups is 1. The summed E-state index contributed by atoms with van der Waals surface area (Å²) in [6, 6.07) is 0. The minimum atomic E-state index is -0.476. The predicted octanol–water partition coefficient (Wildman–Crippen LogP) is 1.58. The summed E-state index contributed by atoms with van der Waals surface area (Å²) in [5.41, 5.74) is -0.386. The first kappa shape index (κ1) is 20.7. The van der Waals surface area contributed by atoms with Gasteiger partial charge in [-0.3, -0.25) is 14.7 Å². The Morgan fingerprint density at radius 2 is 1.58 bits per heavy atom. The number of rotatable bonds is 7. The first-order chi connectivity index (χ1) is 11.2. The Balaban J connectivity index is 2.48. The number of guanidine groups is 1. The highest BCUT2D eigenvalue weighted by Crippen LogP contribution is 2.19. The topological polar surface area (TPSA) is 68.8 Å². The minimum Gasteiger partial charge on any atom is -0.356 e. The van der Waals surface area contributed by atoms with E-state index >= 15 is 0 Å². The average molecular weight is 340 g/mol. The summed E-state index contributed by atoms with van der Waals surface area (Å²) in [4.78, 5) is 18.9. The Hall–Kier alpha value is -1.30. The summed E-state index contributed by atoms with van der Waals surface area (Å²) in [6.45, 7) is 14.7. The van der Waals surface area contributed by atoms with Crippen LogP contribution in [0.4, 0.5) is 0 Å². The zero-order valence-corrected chi connectivity index (χ0v) is 16.5. The molecule has 140 valence electrons. The molecule has 0 unspecified atom stereocenters. The number of hydrogen-bond acceptors (Lipinski definition) is 3. The number of likely N-dealkylation sites (tertiary alicyclic amines) is 1. The molecule has 0 atom stereocenters. The van der Waals surface area contributed by atoms with Gasteiger partial charge in [0.2, 0.25) is 5.91 Å². The van der Waals surface area contributed by atoms with E-state index in [0.29, 0.717) is 13.1 Å². The third kappa shape index (κ3) is 6.30. The van der Waals surface area contributed by atoms with Gasteiger partial charge in [-0.1, -0.05) is 6.42 Å². The van der Waals surface area contributed by atoms with Gasteiger partial charge in [-0.05, 0) is 60.5 Å². The molecule has 0 radical (unpaired) electrons. The van der Waals surface area contributed by atoms with Gasteiger partial charge in [0.25, 0.3) is 0 Å². The van der Waals surface area contributed by atoms with Gasteiger partial charge in [0.1, 0.15) is 0 Å². The van der Waals surface area contributed by atoms with Crippen LogP contribution in [0.15, 0.2) is 4.99 Å². The Labute approximate surface area is 147 Å². The molecule has 0 aliphatic carbocycles. The zero-order valence-electron chi connectivity index (χ0n) is 16.5. The molecule has 1 aliphatic heterocycles. The monoisotopic (exact) mass is 339 g/mol. The lowest BCUT2D eigenvalue weighted by Gasteiger charge is -2.41. The van der Waals surface area contributed by atoms with Crippen molar-refractivity contribution in [3.8, 4) is 0 Å². The minimum absolute atomic E-state index is 0.0570. The van der Waals surface area contributed by atoms with Crippen molar-refractivity contribution in [2.24, 2.45) is 10.4 Å². The maximum absolute atomic E-state index is 12.1. The van der Waals surface area contributed by atoms with Crippen LogP contribution in [-0.4, -0.2) is 62.1 Å². The first-order valence-corrected chi connectivity index (χ1v) is 9.21. The van der Waals surface area contributed by atoms with Gasteiger partial charge in [-0.25, -0.2) is 0 Å². The number of amides is 1. The summed E-state index contributed by atoms with van der Waals surface area (Å²) in [5, 5.41) is 9.58. The molecule has 1 heterocycles. The van der Waals surface area contributed by atoms with Crippen molar-refractivity contribution in [2.75, 3.05) is 39.8 Å². The van der Waals surface area contributed by atoms with E-state index in [0.717, 1.165) is 12.5 Å². The summed E-state index contributed by atoms with van der Waals surface area (Å²) >= 11 is 0. The maximum atomic E-state index is 12.1. The van der Waals surface area contributed by atoms with Crippen LogP contribution >= 0.6 is 0 Å². The molecule has 0 aromatic rings. The first-order valence-electron chi connectivity index (χ1n) is 9.21. The lowest BCUT2D eigenvalue weighted by atomic mass is 9.92. The number of hydrogen-bond donors (Lipinski definition) is 3. The van der Waals surface area contributed by atoms with Crippen LogP contribution in [0.5, 0.6) is 0 Å². The Bertz CT molecular complexity index is 425. The van der Waals surface area contributed by atoms with Crippen LogP contribution in [0.3, 0.4) is 0 Å². The fourth-order valence-electron chi connectivity index (χ4n) is 2.92. The van der Waals surface area contributed by atoms with Crippen molar-refractivity contribution in [3.05, 3.63) is 0 Å². The predicted molar refractivity (Wildman–Crippen MR) is 101 cm³/mol. The Kier molecular flexibility index (Phi) is 8.00. The van der Waals surface area contributed by atoms with Crippen LogP contribution in [0.1, 0.15) is 53.9 Å². The zero-order chi connectivity index (χ0) is 18.2. The summed E-state index contributed by atoms with van der Waals surface area (Å²) in [7, 11) is 1.77. The van der Waals surface area contributed by atoms with Gasteiger partial charge in [0.05, 0.1) is 5.41 Å². The number of nitrogens with one attached hydrogen (secondary N) is 3. The quantitative estimate of drug-likeness (QED) is 0.487. The Morgan fingerprint density at radius 1 is 1.00 bits per heavy atom. The molecule has 0 aromatic carbocycles. The maximum Gasteiger partial charge on any atom is 0.227 e. The highest BCUT2D eigenvalue weighted by atomic mass is 16.2. The summed E-state index contributed by atoms with van der Waals surface area (Å²) in [6.07, 6.45) is 3.92. The highest BCUT2D eigenvalue weighted by Gasteiger charge is 2.29. The third-order valence-electron chi connectivity index (χ3n) is 4.77. The van der Waals surface area contributed by atoms with Crippen molar-refractivity contribution in [1.82, 2.24) is 20.9 Å². The van der Waals surface area contributed by atoms with Crippen LogP contribution in [0, 0.1) is 5.41 Å². The molecule has 1 saturated heterocycles. The normalized spacial score (nSPS) is 17.5.